The molecule has 52 heavy (non-hydrogen) atoms. The Morgan fingerprint density at radius 1 is 0.538 bits per heavy atom. The zero-order valence-corrected chi connectivity index (χ0v) is 29.9. The van der Waals surface area contributed by atoms with Gasteiger partial charge in [-0.1, -0.05) is 72.8 Å². The standard InChI is InChI=1S/C38H39N2O11P/c1-39(2)52(45,40(3)4)51-38-33(50-37(44)29-23-15-8-16-24-29)32(49-36(43)28-21-13-7-14-22-28)31(48-35(42)27-19-11-6-12-20-27)30(47-38)25-46-34(41)26-17-9-5-10-18-26/h5-24,30-33,38H,25H2,1-4H3/t30-,31+,32+,33-,38-/m1/s1. The van der Waals surface area contributed by atoms with Gasteiger partial charge in [-0.15, -0.1) is 0 Å². The highest BCUT2D eigenvalue weighted by molar-refractivity contribution is 7.53. The average Bonchev–Trinajstić information content (AvgIpc) is 3.17. The van der Waals surface area contributed by atoms with Gasteiger partial charge in [-0.2, -0.15) is 0 Å². The van der Waals surface area contributed by atoms with Gasteiger partial charge in [0.25, 0.3) is 0 Å². The van der Waals surface area contributed by atoms with Gasteiger partial charge in [0, 0.05) is 0 Å². The third-order valence-corrected chi connectivity index (χ3v) is 10.5. The second-order valence-electron chi connectivity index (χ2n) is 12.0. The lowest BCUT2D eigenvalue weighted by molar-refractivity contribution is -0.277. The fourth-order valence-corrected chi connectivity index (χ4v) is 6.83. The summed E-state index contributed by atoms with van der Waals surface area (Å²) in [6.07, 6.45) is -8.00. The normalized spacial score (nSPS) is 20.2. The van der Waals surface area contributed by atoms with E-state index in [9.17, 15) is 23.7 Å². The Balaban J connectivity index is 1.61. The van der Waals surface area contributed by atoms with Crippen LogP contribution in [-0.2, 0) is 32.8 Å². The molecule has 5 rings (SSSR count). The van der Waals surface area contributed by atoms with Crippen molar-refractivity contribution in [2.75, 3.05) is 34.8 Å². The summed E-state index contributed by atoms with van der Waals surface area (Å²) in [6, 6.07) is 32.1. The molecule has 0 aliphatic carbocycles. The third kappa shape index (κ3) is 9.19. The van der Waals surface area contributed by atoms with E-state index < -0.39 is 68.9 Å². The second kappa shape index (κ2) is 17.4. The first-order valence-electron chi connectivity index (χ1n) is 16.3. The van der Waals surface area contributed by atoms with Crippen LogP contribution in [0.3, 0.4) is 0 Å². The molecule has 1 aliphatic heterocycles. The fraction of sp³-hybridized carbons (Fsp3) is 0.263. The first-order valence-corrected chi connectivity index (χ1v) is 17.8. The quantitative estimate of drug-likeness (QED) is 0.0971. The van der Waals surface area contributed by atoms with Crippen LogP contribution >= 0.6 is 7.67 Å². The molecule has 4 aromatic rings. The largest absolute Gasteiger partial charge is 0.459 e. The highest BCUT2D eigenvalue weighted by Crippen LogP contribution is 2.53. The van der Waals surface area contributed by atoms with E-state index in [1.165, 1.54) is 73.9 Å². The van der Waals surface area contributed by atoms with Crippen molar-refractivity contribution in [3.63, 3.8) is 0 Å². The summed E-state index contributed by atoms with van der Waals surface area (Å²) in [4.78, 5) is 54.1. The minimum Gasteiger partial charge on any atom is -0.459 e. The lowest BCUT2D eigenvalue weighted by Crippen LogP contribution is -2.63. The Bertz CT molecular complexity index is 1850. The maximum atomic E-state index is 14.3. The molecule has 0 aromatic heterocycles. The van der Waals surface area contributed by atoms with Crippen LogP contribution in [0.15, 0.2) is 121 Å². The number of ether oxygens (including phenoxy) is 5. The zero-order valence-electron chi connectivity index (χ0n) is 29.0. The molecule has 272 valence electrons. The van der Waals surface area contributed by atoms with Gasteiger partial charge < -0.3 is 23.7 Å². The summed E-state index contributed by atoms with van der Waals surface area (Å²) in [5.74, 6) is -3.29. The second-order valence-corrected chi connectivity index (χ2v) is 14.8. The van der Waals surface area contributed by atoms with Crippen LogP contribution in [0.1, 0.15) is 41.4 Å². The molecule has 14 heteroatoms. The molecule has 0 N–H and O–H groups in total. The molecule has 0 radical (unpaired) electrons. The van der Waals surface area contributed by atoms with Crippen molar-refractivity contribution < 1.29 is 52.0 Å². The molecule has 5 atom stereocenters. The predicted octanol–water partition coefficient (Wildman–Crippen LogP) is 5.49. The number of hydrogen-bond donors (Lipinski definition) is 0. The van der Waals surface area contributed by atoms with E-state index in [0.717, 1.165) is 0 Å². The van der Waals surface area contributed by atoms with Gasteiger partial charge in [-0.05, 0) is 76.7 Å². The molecule has 1 heterocycles. The van der Waals surface area contributed by atoms with E-state index in [4.69, 9.17) is 28.2 Å². The molecule has 1 aliphatic rings. The van der Waals surface area contributed by atoms with Crippen LogP contribution in [0.25, 0.3) is 0 Å². The van der Waals surface area contributed by atoms with Gasteiger partial charge in [-0.3, -0.25) is 9.09 Å². The maximum absolute atomic E-state index is 14.3. The van der Waals surface area contributed by atoms with Crippen molar-refractivity contribution in [1.82, 2.24) is 9.34 Å². The van der Waals surface area contributed by atoms with E-state index >= 15 is 0 Å². The van der Waals surface area contributed by atoms with Crippen molar-refractivity contribution in [2.45, 2.75) is 30.7 Å². The average molecular weight is 731 g/mol. The minimum absolute atomic E-state index is 0.132. The van der Waals surface area contributed by atoms with Crippen molar-refractivity contribution in [1.29, 1.82) is 0 Å². The summed E-state index contributed by atoms with van der Waals surface area (Å²) >= 11 is 0. The molecule has 1 saturated heterocycles. The zero-order chi connectivity index (χ0) is 37.3. The lowest BCUT2D eigenvalue weighted by atomic mass is 9.97. The minimum atomic E-state index is -3.92. The van der Waals surface area contributed by atoms with Gasteiger partial charge in [0.2, 0.25) is 6.29 Å². The van der Waals surface area contributed by atoms with Crippen molar-refractivity contribution in [3.05, 3.63) is 144 Å². The number of carbonyl (C=O) groups is 4. The Labute approximate surface area is 301 Å². The molecule has 1 fully saturated rings. The highest BCUT2D eigenvalue weighted by atomic mass is 31.2. The smallest absolute Gasteiger partial charge is 0.347 e. The van der Waals surface area contributed by atoms with Crippen LogP contribution in [0.4, 0.5) is 0 Å². The number of benzene rings is 4. The summed E-state index contributed by atoms with van der Waals surface area (Å²) in [5.41, 5.74) is 0.647. The van der Waals surface area contributed by atoms with Gasteiger partial charge in [0.1, 0.15) is 12.7 Å². The lowest BCUT2D eigenvalue weighted by Gasteiger charge is -2.45. The van der Waals surface area contributed by atoms with Crippen LogP contribution < -0.4 is 0 Å². The number of carbonyl (C=O) groups excluding carboxylic acids is 4. The Morgan fingerprint density at radius 3 is 1.27 bits per heavy atom. The maximum Gasteiger partial charge on any atom is 0.347 e. The van der Waals surface area contributed by atoms with Gasteiger partial charge in [-0.25, -0.2) is 28.5 Å². The fourth-order valence-electron chi connectivity index (χ4n) is 5.29. The molecule has 0 unspecified atom stereocenters. The number of nitrogens with zero attached hydrogens (tertiary/aromatic N) is 2. The van der Waals surface area contributed by atoms with E-state index in [0.29, 0.717) is 0 Å². The number of esters is 4. The Morgan fingerprint density at radius 2 is 0.885 bits per heavy atom. The summed E-state index contributed by atoms with van der Waals surface area (Å²) in [6.45, 7) is -0.548. The van der Waals surface area contributed by atoms with Gasteiger partial charge in [0.15, 0.2) is 18.3 Å². The van der Waals surface area contributed by atoms with E-state index in [1.54, 1.807) is 84.9 Å². The Kier molecular flexibility index (Phi) is 12.7. The molecular formula is C38H39N2O11P. The summed E-state index contributed by atoms with van der Waals surface area (Å²) in [5, 5.41) is 0. The molecule has 0 spiro atoms. The van der Waals surface area contributed by atoms with Crippen LogP contribution in [-0.4, -0.2) is 98.7 Å². The molecule has 0 amide bonds. The van der Waals surface area contributed by atoms with E-state index in [-0.39, 0.29) is 22.3 Å². The highest BCUT2D eigenvalue weighted by Gasteiger charge is 2.55. The number of hydrogen-bond acceptors (Lipinski definition) is 11. The first kappa shape index (κ1) is 38.1. The van der Waals surface area contributed by atoms with Crippen molar-refractivity contribution >= 4 is 31.5 Å². The van der Waals surface area contributed by atoms with E-state index in [2.05, 4.69) is 0 Å². The predicted molar refractivity (Wildman–Crippen MR) is 188 cm³/mol. The topological polar surface area (TPSA) is 147 Å². The van der Waals surface area contributed by atoms with Crippen LogP contribution in [0, 0.1) is 0 Å². The molecule has 13 nitrogen and oxygen atoms in total. The summed E-state index contributed by atoms with van der Waals surface area (Å²) in [7, 11) is 2.16. The SMILES string of the molecule is CN(C)P(=O)(O[C@H]1O[C@H](COC(=O)c2ccccc2)[C@H](OC(=O)c2ccccc2)[C@H](OC(=O)c2ccccc2)[C@H]1OC(=O)c1ccccc1)N(C)C. The molecular weight excluding hydrogens is 691 g/mol. The molecule has 4 aromatic carbocycles. The monoisotopic (exact) mass is 730 g/mol. The van der Waals surface area contributed by atoms with Crippen LogP contribution in [0.5, 0.6) is 0 Å². The number of rotatable bonds is 13. The summed E-state index contributed by atoms with van der Waals surface area (Å²) < 4.78 is 53.1. The van der Waals surface area contributed by atoms with Gasteiger partial charge in [0.05, 0.1) is 22.3 Å². The van der Waals surface area contributed by atoms with Crippen molar-refractivity contribution in [2.24, 2.45) is 0 Å². The Hall–Kier alpha value is -5.17. The van der Waals surface area contributed by atoms with E-state index in [1.807, 2.05) is 0 Å². The van der Waals surface area contributed by atoms with Gasteiger partial charge >= 0.3 is 31.5 Å². The molecule has 0 bridgehead atoms. The van der Waals surface area contributed by atoms with Crippen LogP contribution in [0.2, 0.25) is 0 Å². The van der Waals surface area contributed by atoms with Crippen molar-refractivity contribution in [3.8, 4) is 0 Å². The molecule has 0 saturated carbocycles. The first-order chi connectivity index (χ1) is 25.0. The third-order valence-electron chi connectivity index (χ3n) is 7.99.